The molecule has 0 saturated carbocycles. The quantitative estimate of drug-likeness (QED) is 0.859. The molecule has 0 radical (unpaired) electrons. The van der Waals surface area contributed by atoms with Gasteiger partial charge >= 0.3 is 0 Å². The summed E-state index contributed by atoms with van der Waals surface area (Å²) in [7, 11) is 0. The molecule has 1 unspecified atom stereocenters. The Morgan fingerprint density at radius 1 is 1.11 bits per heavy atom. The molecule has 1 atom stereocenters. The van der Waals surface area contributed by atoms with Crippen LogP contribution in [0.15, 0.2) is 28.8 Å². The second-order valence-electron chi connectivity index (χ2n) is 4.59. The second-order valence-corrected chi connectivity index (χ2v) is 5.53. The lowest BCUT2D eigenvalue weighted by Gasteiger charge is -2.05. The fourth-order valence-corrected chi connectivity index (χ4v) is 2.45. The first kappa shape index (κ1) is 13.9. The molecule has 5 nitrogen and oxygen atoms in total. The maximum atomic E-state index is 5.74. The fraction of sp³-hybridized carbons (Fsp3) is 0.385. The number of aryl methyl sites for hydroxylation is 2. The smallest absolute Gasteiger partial charge is 0.195 e. The summed E-state index contributed by atoms with van der Waals surface area (Å²) < 4.78 is 0. The van der Waals surface area contributed by atoms with E-state index >= 15 is 0 Å². The summed E-state index contributed by atoms with van der Waals surface area (Å²) in [5.41, 5.74) is 8.68. The lowest BCUT2D eigenvalue weighted by Crippen LogP contribution is -2.18. The first-order valence-electron chi connectivity index (χ1n) is 6.09. The van der Waals surface area contributed by atoms with Crippen molar-refractivity contribution in [3.05, 3.63) is 35.4 Å². The average molecular weight is 275 g/mol. The summed E-state index contributed by atoms with van der Waals surface area (Å²) in [6.07, 6.45) is 4.40. The van der Waals surface area contributed by atoms with E-state index in [-0.39, 0.29) is 6.04 Å². The van der Waals surface area contributed by atoms with Crippen molar-refractivity contribution in [3.63, 3.8) is 0 Å². The minimum absolute atomic E-state index is 0.116. The van der Waals surface area contributed by atoms with E-state index in [1.54, 1.807) is 12.4 Å². The van der Waals surface area contributed by atoms with Crippen molar-refractivity contribution in [1.82, 2.24) is 19.9 Å². The highest BCUT2D eigenvalue weighted by molar-refractivity contribution is 7.99. The third-order valence-electron chi connectivity index (χ3n) is 2.38. The van der Waals surface area contributed by atoms with E-state index in [1.165, 1.54) is 11.8 Å². The number of hydrogen-bond donors (Lipinski definition) is 1. The molecule has 100 valence electrons. The van der Waals surface area contributed by atoms with Crippen LogP contribution in [0.4, 0.5) is 0 Å². The Hall–Kier alpha value is -1.53. The predicted octanol–water partition coefficient (Wildman–Crippen LogP) is 1.92. The average Bonchev–Trinajstić information content (AvgIpc) is 2.29. The molecule has 19 heavy (non-hydrogen) atoms. The molecule has 2 N–H and O–H groups in total. The summed E-state index contributed by atoms with van der Waals surface area (Å²) in [6, 6.07) is 2.06. The lowest BCUT2D eigenvalue weighted by molar-refractivity contribution is 0.727. The topological polar surface area (TPSA) is 77.6 Å². The SMILES string of the molecule is Cc1cc(C)nc(Sc2ncc(CC(C)N)cn2)n1. The molecule has 0 fully saturated rings. The van der Waals surface area contributed by atoms with Crippen LogP contribution >= 0.6 is 11.8 Å². The maximum absolute atomic E-state index is 5.74. The van der Waals surface area contributed by atoms with Crippen molar-refractivity contribution in [1.29, 1.82) is 0 Å². The van der Waals surface area contributed by atoms with E-state index in [4.69, 9.17) is 5.73 Å². The zero-order valence-electron chi connectivity index (χ0n) is 11.3. The van der Waals surface area contributed by atoms with Gasteiger partial charge in [0.2, 0.25) is 0 Å². The maximum Gasteiger partial charge on any atom is 0.195 e. The van der Waals surface area contributed by atoms with Gasteiger partial charge in [0.1, 0.15) is 0 Å². The second kappa shape index (κ2) is 6.08. The standard InChI is InChI=1S/C13H17N5S/c1-8(14)4-11-6-15-12(16-7-11)19-13-17-9(2)5-10(3)18-13/h5-8H,4,14H2,1-3H3. The van der Waals surface area contributed by atoms with Crippen LogP contribution < -0.4 is 5.73 Å². The third-order valence-corrected chi connectivity index (χ3v) is 3.14. The number of rotatable bonds is 4. The zero-order valence-corrected chi connectivity index (χ0v) is 12.1. The van der Waals surface area contributed by atoms with Crippen molar-refractivity contribution in [2.45, 2.75) is 43.5 Å². The van der Waals surface area contributed by atoms with E-state index in [2.05, 4.69) is 19.9 Å². The molecule has 0 amide bonds. The molecule has 0 spiro atoms. The number of nitrogens with two attached hydrogens (primary N) is 1. The molecule has 2 aromatic heterocycles. The molecule has 0 aliphatic heterocycles. The predicted molar refractivity (Wildman–Crippen MR) is 75.0 cm³/mol. The number of nitrogens with zero attached hydrogens (tertiary/aromatic N) is 4. The van der Waals surface area contributed by atoms with Gasteiger partial charge in [-0.25, -0.2) is 19.9 Å². The first-order chi connectivity index (χ1) is 9.02. The van der Waals surface area contributed by atoms with Gasteiger partial charge in [0.15, 0.2) is 10.3 Å². The van der Waals surface area contributed by atoms with Gasteiger partial charge in [0.05, 0.1) is 0 Å². The van der Waals surface area contributed by atoms with Gasteiger partial charge in [0.25, 0.3) is 0 Å². The van der Waals surface area contributed by atoms with Gasteiger partial charge in [-0.15, -0.1) is 0 Å². The van der Waals surface area contributed by atoms with Gasteiger partial charge in [-0.05, 0) is 50.6 Å². The van der Waals surface area contributed by atoms with E-state index in [0.29, 0.717) is 10.3 Å². The van der Waals surface area contributed by atoms with Crippen molar-refractivity contribution < 1.29 is 0 Å². The third kappa shape index (κ3) is 4.25. The van der Waals surface area contributed by atoms with Crippen LogP contribution in [-0.4, -0.2) is 26.0 Å². The van der Waals surface area contributed by atoms with Gasteiger partial charge in [-0.2, -0.15) is 0 Å². The zero-order chi connectivity index (χ0) is 13.8. The van der Waals surface area contributed by atoms with Gasteiger partial charge in [0, 0.05) is 29.8 Å². The summed E-state index contributed by atoms with van der Waals surface area (Å²) in [4.78, 5) is 17.3. The Morgan fingerprint density at radius 2 is 1.68 bits per heavy atom. The molecule has 2 heterocycles. The Labute approximate surface area is 117 Å². The Morgan fingerprint density at radius 3 is 2.21 bits per heavy atom. The van der Waals surface area contributed by atoms with Crippen molar-refractivity contribution in [3.8, 4) is 0 Å². The molecule has 0 aromatic carbocycles. The summed E-state index contributed by atoms with van der Waals surface area (Å²) in [5.74, 6) is 0. The van der Waals surface area contributed by atoms with E-state index in [9.17, 15) is 0 Å². The normalized spacial score (nSPS) is 12.4. The first-order valence-corrected chi connectivity index (χ1v) is 6.91. The molecule has 0 saturated heterocycles. The number of aromatic nitrogens is 4. The highest BCUT2D eigenvalue weighted by Gasteiger charge is 2.06. The van der Waals surface area contributed by atoms with Crippen LogP contribution in [0, 0.1) is 13.8 Å². The molecule has 6 heteroatoms. The largest absolute Gasteiger partial charge is 0.328 e. The molecular formula is C13H17N5S. The molecule has 0 bridgehead atoms. The van der Waals surface area contributed by atoms with Crippen LogP contribution in [-0.2, 0) is 6.42 Å². The van der Waals surface area contributed by atoms with Crippen LogP contribution in [0.5, 0.6) is 0 Å². The van der Waals surface area contributed by atoms with Gasteiger partial charge in [-0.3, -0.25) is 0 Å². The number of hydrogen-bond acceptors (Lipinski definition) is 6. The lowest BCUT2D eigenvalue weighted by atomic mass is 10.1. The molecule has 2 aromatic rings. The van der Waals surface area contributed by atoms with Crippen LogP contribution in [0.2, 0.25) is 0 Å². The molecule has 0 aliphatic rings. The van der Waals surface area contributed by atoms with Crippen molar-refractivity contribution in [2.75, 3.05) is 0 Å². The fourth-order valence-electron chi connectivity index (χ4n) is 1.69. The minimum atomic E-state index is 0.116. The highest BCUT2D eigenvalue weighted by atomic mass is 32.2. The van der Waals surface area contributed by atoms with E-state index in [1.807, 2.05) is 26.8 Å². The van der Waals surface area contributed by atoms with Crippen LogP contribution in [0.3, 0.4) is 0 Å². The van der Waals surface area contributed by atoms with Crippen molar-refractivity contribution in [2.24, 2.45) is 5.73 Å². The Balaban J connectivity index is 2.10. The Bertz CT molecular complexity index is 533. The van der Waals surface area contributed by atoms with Crippen LogP contribution in [0.1, 0.15) is 23.9 Å². The minimum Gasteiger partial charge on any atom is -0.328 e. The van der Waals surface area contributed by atoms with E-state index in [0.717, 1.165) is 23.4 Å². The van der Waals surface area contributed by atoms with Crippen molar-refractivity contribution >= 4 is 11.8 Å². The molecular weight excluding hydrogens is 258 g/mol. The monoisotopic (exact) mass is 275 g/mol. The molecule has 2 rings (SSSR count). The van der Waals surface area contributed by atoms with E-state index < -0.39 is 0 Å². The van der Waals surface area contributed by atoms with Crippen LogP contribution in [0.25, 0.3) is 0 Å². The van der Waals surface area contributed by atoms with Gasteiger partial charge < -0.3 is 5.73 Å². The molecule has 0 aliphatic carbocycles. The summed E-state index contributed by atoms with van der Waals surface area (Å²) in [5, 5.41) is 1.33. The summed E-state index contributed by atoms with van der Waals surface area (Å²) >= 11 is 1.37. The summed E-state index contributed by atoms with van der Waals surface area (Å²) in [6.45, 7) is 5.86. The Kier molecular flexibility index (Phi) is 4.44. The van der Waals surface area contributed by atoms with Gasteiger partial charge in [-0.1, -0.05) is 0 Å². The highest BCUT2D eigenvalue weighted by Crippen LogP contribution is 2.21.